The van der Waals surface area contributed by atoms with Gasteiger partial charge in [0.2, 0.25) is 0 Å². The maximum atomic E-state index is 13.3. The predicted octanol–water partition coefficient (Wildman–Crippen LogP) is 2.26. The molecule has 0 radical (unpaired) electrons. The Hall–Kier alpha value is -0.850. The van der Waals surface area contributed by atoms with Crippen LogP contribution >= 0.6 is 23.1 Å². The summed E-state index contributed by atoms with van der Waals surface area (Å²) >= 11 is 3.36. The summed E-state index contributed by atoms with van der Waals surface area (Å²) in [5, 5.41) is 1.84. The molecule has 23 heavy (non-hydrogen) atoms. The van der Waals surface area contributed by atoms with Crippen molar-refractivity contribution in [3.8, 4) is 0 Å². The van der Waals surface area contributed by atoms with E-state index in [-0.39, 0.29) is 5.56 Å². The number of fused-ring (bicyclic) bond motifs is 3. The lowest BCUT2D eigenvalue weighted by molar-refractivity contribution is -0.895. The normalized spacial score (nSPS) is 22.4. The largest absolute Gasteiger partial charge is 0.333 e. The van der Waals surface area contributed by atoms with Crippen molar-refractivity contribution in [3.05, 3.63) is 20.8 Å². The molecule has 1 saturated carbocycles. The van der Waals surface area contributed by atoms with E-state index < -0.39 is 0 Å². The van der Waals surface area contributed by atoms with Gasteiger partial charge < -0.3 is 4.90 Å². The summed E-state index contributed by atoms with van der Waals surface area (Å²) in [4.78, 5) is 22.1. The molecule has 0 spiro atoms. The highest BCUT2D eigenvalue weighted by Gasteiger charge is 2.27. The van der Waals surface area contributed by atoms with Crippen LogP contribution in [0.2, 0.25) is 0 Å². The standard InChI is InChI=1S/C17H23N3OS2/c1-19-9-8-12-13(10-19)23-15-14(12)16(21)20(17(18-15)22-2)11-6-4-3-5-7-11/h11H,3-10H2,1-2H3/p+1. The quantitative estimate of drug-likeness (QED) is 0.667. The molecule has 0 aromatic carbocycles. The molecule has 2 aromatic heterocycles. The van der Waals surface area contributed by atoms with E-state index in [0.717, 1.165) is 47.7 Å². The summed E-state index contributed by atoms with van der Waals surface area (Å²) in [6.45, 7) is 2.15. The monoisotopic (exact) mass is 350 g/mol. The second-order valence-electron chi connectivity index (χ2n) is 6.88. The number of hydrogen-bond donors (Lipinski definition) is 1. The van der Waals surface area contributed by atoms with Gasteiger partial charge >= 0.3 is 0 Å². The van der Waals surface area contributed by atoms with Gasteiger partial charge in [0, 0.05) is 12.5 Å². The zero-order valence-corrected chi connectivity index (χ0v) is 15.5. The van der Waals surface area contributed by atoms with Crippen molar-refractivity contribution in [3.63, 3.8) is 0 Å². The number of rotatable bonds is 2. The third kappa shape index (κ3) is 2.65. The van der Waals surface area contributed by atoms with E-state index in [1.807, 2.05) is 10.8 Å². The van der Waals surface area contributed by atoms with Crippen molar-refractivity contribution in [2.75, 3.05) is 19.8 Å². The molecule has 1 unspecified atom stereocenters. The van der Waals surface area contributed by atoms with Crippen molar-refractivity contribution in [2.45, 2.75) is 56.3 Å². The smallest absolute Gasteiger partial charge is 0.263 e. The maximum absolute atomic E-state index is 13.3. The van der Waals surface area contributed by atoms with Crippen LogP contribution in [0.4, 0.5) is 0 Å². The lowest BCUT2D eigenvalue weighted by Crippen LogP contribution is -3.08. The second-order valence-corrected chi connectivity index (χ2v) is 8.74. The molecule has 1 aliphatic heterocycles. The van der Waals surface area contributed by atoms with Crippen LogP contribution in [0.15, 0.2) is 9.95 Å². The summed E-state index contributed by atoms with van der Waals surface area (Å²) in [5.41, 5.74) is 1.52. The van der Waals surface area contributed by atoms with Crippen LogP contribution in [0.25, 0.3) is 10.2 Å². The minimum Gasteiger partial charge on any atom is -0.333 e. The fraction of sp³-hybridized carbons (Fsp3) is 0.647. The molecule has 1 aliphatic carbocycles. The van der Waals surface area contributed by atoms with Crippen LogP contribution in [0.5, 0.6) is 0 Å². The molecule has 4 rings (SSSR count). The van der Waals surface area contributed by atoms with Gasteiger partial charge in [-0.25, -0.2) is 4.98 Å². The van der Waals surface area contributed by atoms with Crippen molar-refractivity contribution in [1.82, 2.24) is 9.55 Å². The number of quaternary nitrogens is 1. The number of nitrogens with zero attached hydrogens (tertiary/aromatic N) is 2. The molecule has 0 bridgehead atoms. The van der Waals surface area contributed by atoms with Crippen LogP contribution in [-0.4, -0.2) is 29.4 Å². The number of aromatic nitrogens is 2. The maximum Gasteiger partial charge on any atom is 0.263 e. The third-order valence-corrected chi connectivity index (χ3v) is 7.07. The first-order chi connectivity index (χ1) is 11.2. The van der Waals surface area contributed by atoms with E-state index >= 15 is 0 Å². The molecule has 1 fully saturated rings. The Morgan fingerprint density at radius 3 is 2.83 bits per heavy atom. The van der Waals surface area contributed by atoms with Crippen molar-refractivity contribution in [2.24, 2.45) is 0 Å². The number of nitrogens with one attached hydrogen (secondary N) is 1. The van der Waals surface area contributed by atoms with Crippen LogP contribution < -0.4 is 10.5 Å². The van der Waals surface area contributed by atoms with Gasteiger partial charge in [0.05, 0.1) is 23.9 Å². The Bertz CT molecular complexity index is 789. The summed E-state index contributed by atoms with van der Waals surface area (Å²) in [5.74, 6) is 0. The van der Waals surface area contributed by atoms with E-state index in [9.17, 15) is 4.79 Å². The molecule has 2 aliphatic rings. The molecule has 4 nitrogen and oxygen atoms in total. The third-order valence-electron chi connectivity index (χ3n) is 5.29. The Balaban J connectivity index is 1.92. The average Bonchev–Trinajstić information content (AvgIpc) is 2.92. The number of likely N-dealkylation sites (N-methyl/N-ethyl adjacent to an activating group) is 1. The highest BCUT2D eigenvalue weighted by molar-refractivity contribution is 7.98. The molecule has 0 amide bonds. The highest BCUT2D eigenvalue weighted by Crippen LogP contribution is 2.34. The van der Waals surface area contributed by atoms with Crippen LogP contribution in [-0.2, 0) is 13.0 Å². The van der Waals surface area contributed by atoms with Gasteiger partial charge in [-0.15, -0.1) is 11.3 Å². The predicted molar refractivity (Wildman–Crippen MR) is 96.9 cm³/mol. The van der Waals surface area contributed by atoms with Gasteiger partial charge in [-0.2, -0.15) is 0 Å². The summed E-state index contributed by atoms with van der Waals surface area (Å²) in [6.07, 6.45) is 9.08. The van der Waals surface area contributed by atoms with Gasteiger partial charge in [-0.05, 0) is 24.7 Å². The molecule has 124 valence electrons. The summed E-state index contributed by atoms with van der Waals surface area (Å²) in [6, 6.07) is 0.350. The lowest BCUT2D eigenvalue weighted by Gasteiger charge is -2.25. The Morgan fingerprint density at radius 1 is 1.30 bits per heavy atom. The molecule has 1 N–H and O–H groups in total. The van der Waals surface area contributed by atoms with E-state index in [1.54, 1.807) is 23.1 Å². The van der Waals surface area contributed by atoms with Crippen LogP contribution in [0.3, 0.4) is 0 Å². The minimum atomic E-state index is 0.225. The van der Waals surface area contributed by atoms with E-state index in [0.29, 0.717) is 6.04 Å². The van der Waals surface area contributed by atoms with Crippen molar-refractivity contribution in [1.29, 1.82) is 0 Å². The fourth-order valence-electron chi connectivity index (χ4n) is 4.06. The van der Waals surface area contributed by atoms with Crippen molar-refractivity contribution >= 4 is 33.3 Å². The van der Waals surface area contributed by atoms with Gasteiger partial charge in [0.15, 0.2) is 5.16 Å². The second kappa shape index (κ2) is 6.22. The zero-order chi connectivity index (χ0) is 16.0. The first-order valence-electron chi connectivity index (χ1n) is 8.61. The van der Waals surface area contributed by atoms with Gasteiger partial charge in [-0.1, -0.05) is 31.0 Å². The van der Waals surface area contributed by atoms with Gasteiger partial charge in [0.1, 0.15) is 11.4 Å². The number of thioether (sulfide) groups is 1. The molecule has 2 aromatic rings. The highest BCUT2D eigenvalue weighted by atomic mass is 32.2. The topological polar surface area (TPSA) is 39.3 Å². The first kappa shape index (κ1) is 15.7. The number of thiophene rings is 1. The average molecular weight is 351 g/mol. The summed E-state index contributed by atoms with van der Waals surface area (Å²) < 4.78 is 2.03. The van der Waals surface area contributed by atoms with Gasteiger partial charge in [-0.3, -0.25) is 9.36 Å². The van der Waals surface area contributed by atoms with E-state index in [2.05, 4.69) is 7.05 Å². The number of hydrogen-bond acceptors (Lipinski definition) is 4. The Morgan fingerprint density at radius 2 is 2.09 bits per heavy atom. The zero-order valence-electron chi connectivity index (χ0n) is 13.9. The Labute approximate surface area is 144 Å². The van der Waals surface area contributed by atoms with Crippen LogP contribution in [0.1, 0.15) is 48.6 Å². The van der Waals surface area contributed by atoms with Crippen LogP contribution in [0, 0.1) is 0 Å². The molecule has 6 heteroatoms. The Kier molecular flexibility index (Phi) is 4.24. The minimum absolute atomic E-state index is 0.225. The molecular formula is C17H24N3OS2+. The van der Waals surface area contributed by atoms with Crippen molar-refractivity contribution < 1.29 is 4.90 Å². The molecule has 0 saturated heterocycles. The SMILES string of the molecule is CSc1nc2sc3c(c2c(=O)n1C1CCCCC1)CC[NH+](C)C3. The molecule has 1 atom stereocenters. The van der Waals surface area contributed by atoms with Gasteiger partial charge in [0.25, 0.3) is 5.56 Å². The van der Waals surface area contributed by atoms with E-state index in [4.69, 9.17) is 4.98 Å². The molecular weight excluding hydrogens is 326 g/mol. The molecule has 3 heterocycles. The summed E-state index contributed by atoms with van der Waals surface area (Å²) in [7, 11) is 2.23. The first-order valence-corrected chi connectivity index (χ1v) is 10.6. The fourth-order valence-corrected chi connectivity index (χ4v) is 6.05. The lowest BCUT2D eigenvalue weighted by atomic mass is 9.95. The van der Waals surface area contributed by atoms with E-state index in [1.165, 1.54) is 34.6 Å².